The first-order valence-corrected chi connectivity index (χ1v) is 5.58. The first kappa shape index (κ1) is 21.2. The van der Waals surface area contributed by atoms with Crippen molar-refractivity contribution in [2.24, 2.45) is 0 Å². The van der Waals surface area contributed by atoms with Crippen molar-refractivity contribution in [2.45, 2.75) is 58.6 Å². The van der Waals surface area contributed by atoms with E-state index >= 15 is 0 Å². The van der Waals surface area contributed by atoms with Gasteiger partial charge in [-0.3, -0.25) is 4.79 Å². The number of ether oxygens (including phenoxy) is 1. The molecule has 0 aromatic rings. The summed E-state index contributed by atoms with van der Waals surface area (Å²) in [4.78, 5) is 10.7. The maximum Gasteiger partial charge on any atom is 0.463 e. The molecule has 0 aliphatic heterocycles. The highest BCUT2D eigenvalue weighted by molar-refractivity contribution is 5.84. The predicted molar refractivity (Wildman–Crippen MR) is 56.5 cm³/mol. The molecule has 10 heteroatoms. The van der Waals surface area contributed by atoms with E-state index in [1.165, 1.54) is 5.32 Å². The topological polar surface area (TPSA) is 38.3 Å². The SMILES string of the molecule is CC.CC(NC(=O)C(F)(F)C(F)(F)F)C(C)OC(F)F. The maximum absolute atomic E-state index is 12.5. The monoisotopic (exact) mass is 315 g/mol. The average molecular weight is 315 g/mol. The van der Waals surface area contributed by atoms with Gasteiger partial charge in [0.1, 0.15) is 0 Å². The van der Waals surface area contributed by atoms with Crippen LogP contribution in [0.25, 0.3) is 0 Å². The van der Waals surface area contributed by atoms with E-state index in [4.69, 9.17) is 0 Å². The molecule has 0 saturated carbocycles. The second kappa shape index (κ2) is 8.28. The van der Waals surface area contributed by atoms with Crippen molar-refractivity contribution in [1.29, 1.82) is 0 Å². The molecule has 0 rings (SSSR count). The van der Waals surface area contributed by atoms with Crippen LogP contribution in [0.3, 0.4) is 0 Å². The molecular formula is C10H16F7NO2. The Morgan fingerprint density at radius 1 is 1.05 bits per heavy atom. The minimum absolute atomic E-state index is 0.956. The lowest BCUT2D eigenvalue weighted by molar-refractivity contribution is -0.270. The lowest BCUT2D eigenvalue weighted by Crippen LogP contribution is -2.54. The van der Waals surface area contributed by atoms with Gasteiger partial charge in [0, 0.05) is 0 Å². The van der Waals surface area contributed by atoms with Crippen LogP contribution < -0.4 is 5.32 Å². The van der Waals surface area contributed by atoms with E-state index in [9.17, 15) is 35.5 Å². The first-order chi connectivity index (χ1) is 8.89. The van der Waals surface area contributed by atoms with Crippen LogP contribution in [0.15, 0.2) is 0 Å². The van der Waals surface area contributed by atoms with Gasteiger partial charge in [0.25, 0.3) is 0 Å². The molecule has 0 aliphatic rings. The summed E-state index contributed by atoms with van der Waals surface area (Å²) >= 11 is 0. The maximum atomic E-state index is 12.5. The van der Waals surface area contributed by atoms with Gasteiger partial charge in [-0.1, -0.05) is 13.8 Å². The van der Waals surface area contributed by atoms with Crippen molar-refractivity contribution in [3.05, 3.63) is 0 Å². The molecule has 0 saturated heterocycles. The third-order valence-corrected chi connectivity index (χ3v) is 2.02. The quantitative estimate of drug-likeness (QED) is 0.790. The number of carbonyl (C=O) groups is 1. The molecule has 1 N–H and O–H groups in total. The second-order valence-corrected chi connectivity index (χ2v) is 3.44. The Morgan fingerprint density at radius 3 is 1.75 bits per heavy atom. The number of amides is 1. The molecule has 0 heterocycles. The smallest absolute Gasteiger partial charge is 0.345 e. The second-order valence-electron chi connectivity index (χ2n) is 3.44. The van der Waals surface area contributed by atoms with Crippen molar-refractivity contribution >= 4 is 5.91 Å². The van der Waals surface area contributed by atoms with Crippen LogP contribution in [0, 0.1) is 0 Å². The predicted octanol–water partition coefficient (Wildman–Crippen LogP) is 3.34. The molecule has 0 spiro atoms. The number of nitrogens with one attached hydrogen (secondary N) is 1. The number of rotatable bonds is 5. The minimum Gasteiger partial charge on any atom is -0.345 e. The van der Waals surface area contributed by atoms with Gasteiger partial charge in [-0.05, 0) is 13.8 Å². The zero-order valence-corrected chi connectivity index (χ0v) is 11.2. The summed E-state index contributed by atoms with van der Waals surface area (Å²) < 4.78 is 87.6. The van der Waals surface area contributed by atoms with Crippen LogP contribution in [-0.2, 0) is 9.53 Å². The molecule has 0 bridgehead atoms. The van der Waals surface area contributed by atoms with Crippen molar-refractivity contribution in [3.8, 4) is 0 Å². The minimum atomic E-state index is -6.05. The van der Waals surface area contributed by atoms with E-state index in [-0.39, 0.29) is 0 Å². The molecule has 0 aromatic heterocycles. The Bertz CT molecular complexity index is 294. The Kier molecular flexibility index (Phi) is 8.79. The summed E-state index contributed by atoms with van der Waals surface area (Å²) in [7, 11) is 0. The standard InChI is InChI=1S/C8H10F7NO2.C2H6/c1-3(4(2)18-6(9)10)16-5(17)7(11,12)8(13,14)15;1-2/h3-4,6H,1-2H3,(H,16,17);1-2H3. The Balaban J connectivity index is 0. The third kappa shape index (κ3) is 6.40. The first-order valence-electron chi connectivity index (χ1n) is 5.58. The molecule has 122 valence electrons. The van der Waals surface area contributed by atoms with Crippen molar-refractivity contribution in [2.75, 3.05) is 0 Å². The molecule has 2 unspecified atom stereocenters. The molecular weight excluding hydrogens is 299 g/mol. The highest BCUT2D eigenvalue weighted by atomic mass is 19.4. The van der Waals surface area contributed by atoms with Crippen LogP contribution >= 0.6 is 0 Å². The highest BCUT2D eigenvalue weighted by Crippen LogP contribution is 2.35. The van der Waals surface area contributed by atoms with Crippen molar-refractivity contribution in [3.63, 3.8) is 0 Å². The highest BCUT2D eigenvalue weighted by Gasteiger charge is 2.63. The number of halogens is 7. The van der Waals surface area contributed by atoms with E-state index < -0.39 is 36.8 Å². The van der Waals surface area contributed by atoms with Crippen LogP contribution in [0.4, 0.5) is 30.7 Å². The molecule has 3 nitrogen and oxygen atoms in total. The van der Waals surface area contributed by atoms with E-state index in [1.54, 1.807) is 0 Å². The number of hydrogen-bond donors (Lipinski definition) is 1. The lowest BCUT2D eigenvalue weighted by atomic mass is 10.2. The molecule has 1 amide bonds. The van der Waals surface area contributed by atoms with Crippen LogP contribution in [0.1, 0.15) is 27.7 Å². The molecule has 2 atom stereocenters. The van der Waals surface area contributed by atoms with Gasteiger partial charge in [-0.2, -0.15) is 30.7 Å². The van der Waals surface area contributed by atoms with Gasteiger partial charge >= 0.3 is 24.6 Å². The molecule has 0 fully saturated rings. The lowest BCUT2D eigenvalue weighted by Gasteiger charge is -2.24. The van der Waals surface area contributed by atoms with Gasteiger partial charge < -0.3 is 10.1 Å². The number of alkyl halides is 7. The fourth-order valence-electron chi connectivity index (χ4n) is 0.824. The normalized spacial score (nSPS) is 15.2. The van der Waals surface area contributed by atoms with Gasteiger partial charge in [-0.25, -0.2) is 0 Å². The summed E-state index contributed by atoms with van der Waals surface area (Å²) in [5.41, 5.74) is 0. The summed E-state index contributed by atoms with van der Waals surface area (Å²) in [6, 6.07) is -1.44. The van der Waals surface area contributed by atoms with E-state index in [1.807, 2.05) is 13.8 Å². The fourth-order valence-corrected chi connectivity index (χ4v) is 0.824. The summed E-state index contributed by atoms with van der Waals surface area (Å²) in [6.45, 7) is 2.71. The van der Waals surface area contributed by atoms with Crippen molar-refractivity contribution in [1.82, 2.24) is 5.32 Å². The summed E-state index contributed by atoms with van der Waals surface area (Å²) in [5.74, 6) is -8.21. The molecule has 0 radical (unpaired) electrons. The Morgan fingerprint density at radius 2 is 1.45 bits per heavy atom. The van der Waals surface area contributed by atoms with E-state index in [0.29, 0.717) is 0 Å². The van der Waals surface area contributed by atoms with Gasteiger partial charge in [0.15, 0.2) is 0 Å². The third-order valence-electron chi connectivity index (χ3n) is 2.02. The Labute approximate surface area is 111 Å². The zero-order chi connectivity index (χ0) is 16.7. The summed E-state index contributed by atoms with van der Waals surface area (Å²) in [5, 5.41) is 1.26. The molecule has 0 aromatic carbocycles. The van der Waals surface area contributed by atoms with E-state index in [0.717, 1.165) is 13.8 Å². The van der Waals surface area contributed by atoms with Crippen LogP contribution in [0.5, 0.6) is 0 Å². The van der Waals surface area contributed by atoms with Crippen molar-refractivity contribution < 1.29 is 40.3 Å². The number of carbonyl (C=O) groups excluding carboxylic acids is 1. The Hall–Kier alpha value is -1.06. The fraction of sp³-hybridized carbons (Fsp3) is 0.900. The number of hydrogen-bond acceptors (Lipinski definition) is 2. The molecule has 0 aliphatic carbocycles. The largest absolute Gasteiger partial charge is 0.463 e. The zero-order valence-electron chi connectivity index (χ0n) is 11.2. The van der Waals surface area contributed by atoms with Gasteiger partial charge in [0.2, 0.25) is 0 Å². The van der Waals surface area contributed by atoms with Gasteiger partial charge in [0.05, 0.1) is 12.1 Å². The van der Waals surface area contributed by atoms with Crippen LogP contribution in [-0.4, -0.2) is 36.8 Å². The van der Waals surface area contributed by atoms with Crippen LogP contribution in [0.2, 0.25) is 0 Å². The molecule has 20 heavy (non-hydrogen) atoms. The summed E-state index contributed by atoms with van der Waals surface area (Å²) in [6.07, 6.45) is -7.48. The van der Waals surface area contributed by atoms with Gasteiger partial charge in [-0.15, -0.1) is 0 Å². The van der Waals surface area contributed by atoms with E-state index in [2.05, 4.69) is 4.74 Å². The average Bonchev–Trinajstić information content (AvgIpc) is 2.28.